The molecule has 1 aromatic heterocycles. The first-order valence-corrected chi connectivity index (χ1v) is 10.2. The first-order chi connectivity index (χ1) is 15.8. The Balaban J connectivity index is 1.97. The molecule has 0 aliphatic rings. The van der Waals surface area contributed by atoms with E-state index >= 15 is 0 Å². The van der Waals surface area contributed by atoms with Gasteiger partial charge in [-0.1, -0.05) is 54.1 Å². The molecule has 0 atom stereocenters. The predicted molar refractivity (Wildman–Crippen MR) is 121 cm³/mol. The number of carbonyl (C=O) groups excluding carboxylic acids is 2. The van der Waals surface area contributed by atoms with Crippen LogP contribution in [0.15, 0.2) is 65.6 Å². The van der Waals surface area contributed by atoms with Gasteiger partial charge in [-0.05, 0) is 23.3 Å². The summed E-state index contributed by atoms with van der Waals surface area (Å²) in [4.78, 5) is 49.0. The van der Waals surface area contributed by atoms with Crippen molar-refractivity contribution in [1.29, 1.82) is 0 Å². The smallest absolute Gasteiger partial charge is 0.322 e. The maximum atomic E-state index is 12.9. The van der Waals surface area contributed by atoms with E-state index in [4.69, 9.17) is 16.7 Å². The van der Waals surface area contributed by atoms with Crippen molar-refractivity contribution in [3.05, 3.63) is 98.4 Å². The third-order valence-electron chi connectivity index (χ3n) is 4.69. The van der Waals surface area contributed by atoms with Gasteiger partial charge in [-0.25, -0.2) is 0 Å². The van der Waals surface area contributed by atoms with Crippen molar-refractivity contribution < 1.29 is 24.6 Å². The average Bonchev–Trinajstić information content (AvgIpc) is 2.79. The Bertz CT molecular complexity index is 1240. The molecule has 9 nitrogen and oxygen atoms in total. The van der Waals surface area contributed by atoms with Crippen LogP contribution in [-0.2, 0) is 17.9 Å². The first-order valence-electron chi connectivity index (χ1n) is 9.79. The van der Waals surface area contributed by atoms with E-state index in [1.54, 1.807) is 54.6 Å². The van der Waals surface area contributed by atoms with Crippen molar-refractivity contribution in [2.75, 3.05) is 6.54 Å². The topological polar surface area (TPSA) is 138 Å². The molecule has 10 heteroatoms. The third-order valence-corrected chi connectivity index (χ3v) is 4.94. The number of benzene rings is 2. The maximum absolute atomic E-state index is 12.9. The van der Waals surface area contributed by atoms with E-state index in [0.29, 0.717) is 5.02 Å². The number of aromatic nitrogens is 1. The summed E-state index contributed by atoms with van der Waals surface area (Å²) in [5, 5.41) is 24.6. The van der Waals surface area contributed by atoms with E-state index in [1.807, 2.05) is 5.32 Å². The molecular formula is C23H20ClN3O6. The number of halogens is 1. The lowest BCUT2D eigenvalue weighted by Crippen LogP contribution is -2.37. The standard InChI is InChI=1S/C23H20ClN3O6/c24-16-8-6-14(7-9-16)10-25-21(31)17-13-27(12-15-4-2-1-3-5-15)23(33)19(20(17)30)22(32)26-11-18(28)29/h1-9,13,30H,10-12H2,(H,25,31)(H,26,32)(H,28,29). The van der Waals surface area contributed by atoms with Crippen LogP contribution in [0.4, 0.5) is 0 Å². The summed E-state index contributed by atoms with van der Waals surface area (Å²) >= 11 is 5.85. The van der Waals surface area contributed by atoms with Crippen LogP contribution in [0.5, 0.6) is 5.75 Å². The van der Waals surface area contributed by atoms with Crippen molar-refractivity contribution in [3.8, 4) is 5.75 Å². The number of amides is 2. The molecule has 170 valence electrons. The van der Waals surface area contributed by atoms with Gasteiger partial charge in [0.25, 0.3) is 17.4 Å². The molecule has 4 N–H and O–H groups in total. The fraction of sp³-hybridized carbons (Fsp3) is 0.130. The number of pyridine rings is 1. The van der Waals surface area contributed by atoms with E-state index in [2.05, 4.69) is 5.32 Å². The molecule has 0 saturated carbocycles. The van der Waals surface area contributed by atoms with Crippen LogP contribution in [0.3, 0.4) is 0 Å². The number of nitrogens with zero attached hydrogens (tertiary/aromatic N) is 1. The lowest BCUT2D eigenvalue weighted by molar-refractivity contribution is -0.135. The van der Waals surface area contributed by atoms with Crippen LogP contribution in [0.25, 0.3) is 0 Å². The van der Waals surface area contributed by atoms with Crippen LogP contribution in [-0.4, -0.2) is 39.1 Å². The van der Waals surface area contributed by atoms with Gasteiger partial charge in [-0.2, -0.15) is 0 Å². The zero-order chi connectivity index (χ0) is 24.0. The molecule has 0 aliphatic heterocycles. The first kappa shape index (κ1) is 23.6. The molecule has 1 heterocycles. The summed E-state index contributed by atoms with van der Waals surface area (Å²) < 4.78 is 1.11. The Kier molecular flexibility index (Phi) is 7.47. The zero-order valence-electron chi connectivity index (χ0n) is 17.2. The minimum absolute atomic E-state index is 0.0244. The molecule has 0 radical (unpaired) electrons. The van der Waals surface area contributed by atoms with Crippen LogP contribution >= 0.6 is 11.6 Å². The van der Waals surface area contributed by atoms with Crippen molar-refractivity contribution >= 4 is 29.4 Å². The third kappa shape index (κ3) is 5.98. The second-order valence-electron chi connectivity index (χ2n) is 7.07. The molecule has 2 amide bonds. The van der Waals surface area contributed by atoms with Crippen molar-refractivity contribution in [2.45, 2.75) is 13.1 Å². The van der Waals surface area contributed by atoms with Crippen molar-refractivity contribution in [2.24, 2.45) is 0 Å². The van der Waals surface area contributed by atoms with E-state index in [1.165, 1.54) is 0 Å². The average molecular weight is 470 g/mol. The van der Waals surface area contributed by atoms with Gasteiger partial charge in [0.05, 0.1) is 12.1 Å². The molecule has 0 bridgehead atoms. The predicted octanol–water partition coefficient (Wildman–Crippen LogP) is 2.00. The van der Waals surface area contributed by atoms with Gasteiger partial charge in [0.15, 0.2) is 0 Å². The number of aliphatic carboxylic acids is 1. The Morgan fingerprint density at radius 1 is 0.909 bits per heavy atom. The summed E-state index contributed by atoms with van der Waals surface area (Å²) in [6, 6.07) is 15.6. The molecule has 0 aliphatic carbocycles. The zero-order valence-corrected chi connectivity index (χ0v) is 18.0. The summed E-state index contributed by atoms with van der Waals surface area (Å²) in [5.41, 5.74) is -0.432. The number of carbonyl (C=O) groups is 3. The second-order valence-corrected chi connectivity index (χ2v) is 7.51. The Labute approximate surface area is 193 Å². The Morgan fingerprint density at radius 2 is 1.58 bits per heavy atom. The quantitative estimate of drug-likeness (QED) is 0.398. The largest absolute Gasteiger partial charge is 0.506 e. The second kappa shape index (κ2) is 10.5. The van der Waals surface area contributed by atoms with Gasteiger partial charge < -0.3 is 25.4 Å². The Morgan fingerprint density at radius 3 is 2.21 bits per heavy atom. The number of hydrogen-bond donors (Lipinski definition) is 4. The lowest BCUT2D eigenvalue weighted by Gasteiger charge is -2.14. The van der Waals surface area contributed by atoms with E-state index < -0.39 is 41.2 Å². The Hall–Kier alpha value is -4.11. The molecule has 0 spiro atoms. The molecule has 0 fully saturated rings. The summed E-state index contributed by atoms with van der Waals surface area (Å²) in [7, 11) is 0. The fourth-order valence-electron chi connectivity index (χ4n) is 3.05. The summed E-state index contributed by atoms with van der Waals surface area (Å²) in [5.74, 6) is -3.99. The maximum Gasteiger partial charge on any atom is 0.322 e. The lowest BCUT2D eigenvalue weighted by atomic mass is 10.1. The monoisotopic (exact) mass is 469 g/mol. The van der Waals surface area contributed by atoms with Crippen LogP contribution in [0, 0.1) is 0 Å². The van der Waals surface area contributed by atoms with E-state index in [9.17, 15) is 24.3 Å². The summed E-state index contributed by atoms with van der Waals surface area (Å²) in [6.07, 6.45) is 1.16. The van der Waals surface area contributed by atoms with Crippen LogP contribution < -0.4 is 16.2 Å². The highest BCUT2D eigenvalue weighted by molar-refractivity contribution is 6.30. The number of nitrogens with one attached hydrogen (secondary N) is 2. The SMILES string of the molecule is O=C(O)CNC(=O)c1c(O)c(C(=O)NCc2ccc(Cl)cc2)cn(Cc2ccccc2)c1=O. The highest BCUT2D eigenvalue weighted by Crippen LogP contribution is 2.20. The van der Waals surface area contributed by atoms with E-state index in [-0.39, 0.29) is 18.7 Å². The van der Waals surface area contributed by atoms with Crippen LogP contribution in [0.1, 0.15) is 31.8 Å². The number of hydrogen-bond acceptors (Lipinski definition) is 5. The number of aromatic hydroxyl groups is 1. The minimum Gasteiger partial charge on any atom is -0.506 e. The molecule has 3 aromatic rings. The molecular weight excluding hydrogens is 450 g/mol. The minimum atomic E-state index is -1.33. The highest BCUT2D eigenvalue weighted by atomic mass is 35.5. The molecule has 0 saturated heterocycles. The van der Waals surface area contributed by atoms with Gasteiger partial charge in [0.2, 0.25) is 0 Å². The van der Waals surface area contributed by atoms with E-state index in [0.717, 1.165) is 21.9 Å². The molecule has 0 unspecified atom stereocenters. The number of carboxylic acid groups (broad SMARTS) is 1. The fourth-order valence-corrected chi connectivity index (χ4v) is 3.17. The van der Waals surface area contributed by atoms with Gasteiger partial charge in [0, 0.05) is 17.8 Å². The number of rotatable bonds is 8. The number of carboxylic acids is 1. The van der Waals surface area contributed by atoms with Crippen molar-refractivity contribution in [3.63, 3.8) is 0 Å². The van der Waals surface area contributed by atoms with Crippen molar-refractivity contribution in [1.82, 2.24) is 15.2 Å². The van der Waals surface area contributed by atoms with Gasteiger partial charge >= 0.3 is 5.97 Å². The summed E-state index contributed by atoms with van der Waals surface area (Å²) in [6.45, 7) is -0.631. The van der Waals surface area contributed by atoms with Gasteiger partial charge in [-0.15, -0.1) is 0 Å². The normalized spacial score (nSPS) is 10.5. The van der Waals surface area contributed by atoms with Crippen LogP contribution in [0.2, 0.25) is 5.02 Å². The highest BCUT2D eigenvalue weighted by Gasteiger charge is 2.25. The van der Waals surface area contributed by atoms with Gasteiger partial charge in [0.1, 0.15) is 17.9 Å². The molecule has 3 rings (SSSR count). The molecule has 2 aromatic carbocycles. The molecule has 33 heavy (non-hydrogen) atoms. The van der Waals surface area contributed by atoms with Gasteiger partial charge in [-0.3, -0.25) is 19.2 Å².